The van der Waals surface area contributed by atoms with Gasteiger partial charge in [-0.15, -0.1) is 0 Å². The van der Waals surface area contributed by atoms with Crippen LogP contribution in [0.4, 0.5) is 0 Å². The number of likely N-dealkylation sites (N-methyl/N-ethyl adjacent to an activating group) is 1. The summed E-state index contributed by atoms with van der Waals surface area (Å²) in [6.45, 7) is 7.90. The fourth-order valence-electron chi connectivity index (χ4n) is 2.48. The van der Waals surface area contributed by atoms with Gasteiger partial charge in [0.15, 0.2) is 0 Å². The van der Waals surface area contributed by atoms with Crippen LogP contribution in [-0.4, -0.2) is 30.1 Å². The topological polar surface area (TPSA) is 8.17 Å². The molecule has 104 valence electrons. The van der Waals surface area contributed by atoms with Gasteiger partial charge in [0.25, 0.3) is 0 Å². The molecule has 0 spiro atoms. The van der Waals surface area contributed by atoms with E-state index in [1.165, 1.54) is 22.0 Å². The van der Waals surface area contributed by atoms with Crippen molar-refractivity contribution in [2.24, 2.45) is 7.05 Å². The third-order valence-electron chi connectivity index (χ3n) is 3.77. The summed E-state index contributed by atoms with van der Waals surface area (Å²) in [4.78, 5) is 2.24. The molecule has 0 unspecified atom stereocenters. The van der Waals surface area contributed by atoms with Crippen LogP contribution in [-0.2, 0) is 18.9 Å². The molecule has 0 amide bonds. The summed E-state index contributed by atoms with van der Waals surface area (Å²) in [6, 6.07) is 6.91. The van der Waals surface area contributed by atoms with Gasteiger partial charge < -0.3 is 9.47 Å². The predicted molar refractivity (Wildman–Crippen MR) is 83.9 cm³/mol. The van der Waals surface area contributed by atoms with Crippen molar-refractivity contribution >= 4 is 10.9 Å². The Bertz CT molecular complexity index is 571. The lowest BCUT2D eigenvalue weighted by Gasteiger charge is -2.19. The molecular weight excluding hydrogens is 232 g/mol. The van der Waals surface area contributed by atoms with E-state index >= 15 is 0 Å². The highest BCUT2D eigenvalue weighted by molar-refractivity contribution is 5.84. The van der Waals surface area contributed by atoms with Crippen molar-refractivity contribution in [1.29, 1.82) is 0 Å². The monoisotopic (exact) mass is 258 g/mol. The first-order chi connectivity index (χ1) is 8.79. The molecule has 1 aromatic heterocycles. The molecule has 0 saturated heterocycles. The summed E-state index contributed by atoms with van der Waals surface area (Å²) in [6.07, 6.45) is 3.39. The molecule has 2 rings (SSSR count). The van der Waals surface area contributed by atoms with Crippen LogP contribution >= 0.6 is 0 Å². The van der Waals surface area contributed by atoms with Gasteiger partial charge in [0.2, 0.25) is 0 Å². The van der Waals surface area contributed by atoms with Crippen LogP contribution in [0.25, 0.3) is 10.9 Å². The highest BCUT2D eigenvalue weighted by Crippen LogP contribution is 2.28. The maximum Gasteiger partial charge on any atom is 0.0483 e. The second kappa shape index (κ2) is 5.01. The fraction of sp³-hybridized carbons (Fsp3) is 0.529. The molecule has 2 aromatic rings. The van der Waals surface area contributed by atoms with Crippen LogP contribution in [0.5, 0.6) is 0 Å². The van der Waals surface area contributed by atoms with Crippen LogP contribution < -0.4 is 0 Å². The van der Waals surface area contributed by atoms with Crippen LogP contribution in [0.1, 0.15) is 31.9 Å². The molecule has 0 fully saturated rings. The number of benzene rings is 1. The second-order valence-corrected chi connectivity index (χ2v) is 6.80. The van der Waals surface area contributed by atoms with Gasteiger partial charge in [-0.25, -0.2) is 0 Å². The van der Waals surface area contributed by atoms with Crippen molar-refractivity contribution in [2.45, 2.75) is 32.6 Å². The van der Waals surface area contributed by atoms with Crippen molar-refractivity contribution in [3.63, 3.8) is 0 Å². The van der Waals surface area contributed by atoms with Gasteiger partial charge in [0.1, 0.15) is 0 Å². The van der Waals surface area contributed by atoms with Crippen LogP contribution in [0.15, 0.2) is 24.4 Å². The summed E-state index contributed by atoms with van der Waals surface area (Å²) >= 11 is 0. The van der Waals surface area contributed by atoms with Crippen LogP contribution in [0.2, 0.25) is 0 Å². The summed E-state index contributed by atoms with van der Waals surface area (Å²) < 4.78 is 2.26. The minimum absolute atomic E-state index is 0.211. The first-order valence-electron chi connectivity index (χ1n) is 7.02. The van der Waals surface area contributed by atoms with E-state index in [-0.39, 0.29) is 5.41 Å². The zero-order valence-corrected chi connectivity index (χ0v) is 13.1. The Labute approximate surface area is 117 Å². The third kappa shape index (κ3) is 3.01. The molecule has 0 radical (unpaired) electrons. The Balaban J connectivity index is 2.43. The lowest BCUT2D eigenvalue weighted by Crippen LogP contribution is -2.14. The number of aryl methyl sites for hydroxylation is 1. The number of fused-ring (bicyclic) bond motifs is 1. The summed E-state index contributed by atoms with van der Waals surface area (Å²) in [7, 11) is 6.40. The minimum Gasteiger partial charge on any atom is -0.350 e. The van der Waals surface area contributed by atoms with E-state index in [0.717, 1.165) is 13.0 Å². The van der Waals surface area contributed by atoms with Gasteiger partial charge >= 0.3 is 0 Å². The fourth-order valence-corrected chi connectivity index (χ4v) is 2.48. The second-order valence-electron chi connectivity index (χ2n) is 6.80. The molecule has 0 N–H and O–H groups in total. The van der Waals surface area contributed by atoms with E-state index < -0.39 is 0 Å². The van der Waals surface area contributed by atoms with Crippen molar-refractivity contribution in [3.05, 3.63) is 35.5 Å². The molecule has 0 bridgehead atoms. The SMILES string of the molecule is CN(C)CCc1cn(C)c2cc(C(C)(C)C)ccc12. The van der Waals surface area contributed by atoms with E-state index in [9.17, 15) is 0 Å². The number of hydrogen-bond acceptors (Lipinski definition) is 1. The zero-order valence-electron chi connectivity index (χ0n) is 13.1. The van der Waals surface area contributed by atoms with E-state index in [1.807, 2.05) is 0 Å². The van der Waals surface area contributed by atoms with Gasteiger partial charge in [-0.05, 0) is 43.1 Å². The maximum atomic E-state index is 2.34. The van der Waals surface area contributed by atoms with E-state index in [2.05, 4.69) is 75.8 Å². The minimum atomic E-state index is 0.211. The largest absolute Gasteiger partial charge is 0.350 e. The molecule has 1 heterocycles. The van der Waals surface area contributed by atoms with Gasteiger partial charge in [-0.1, -0.05) is 32.9 Å². The molecular formula is C17H26N2. The lowest BCUT2D eigenvalue weighted by atomic mass is 9.86. The average Bonchev–Trinajstić information content (AvgIpc) is 2.62. The Morgan fingerprint density at radius 3 is 2.42 bits per heavy atom. The smallest absolute Gasteiger partial charge is 0.0483 e. The quantitative estimate of drug-likeness (QED) is 0.817. The van der Waals surface area contributed by atoms with Crippen LogP contribution in [0.3, 0.4) is 0 Å². The van der Waals surface area contributed by atoms with Crippen molar-refractivity contribution < 1.29 is 0 Å². The lowest BCUT2D eigenvalue weighted by molar-refractivity contribution is 0.414. The Morgan fingerprint density at radius 1 is 1.16 bits per heavy atom. The molecule has 0 aliphatic carbocycles. The van der Waals surface area contributed by atoms with E-state index in [0.29, 0.717) is 0 Å². The highest BCUT2D eigenvalue weighted by atomic mass is 15.0. The number of aromatic nitrogens is 1. The average molecular weight is 258 g/mol. The molecule has 0 saturated carbocycles. The number of rotatable bonds is 3. The van der Waals surface area contributed by atoms with Gasteiger partial charge in [-0.3, -0.25) is 0 Å². The zero-order chi connectivity index (χ0) is 14.2. The van der Waals surface area contributed by atoms with Gasteiger partial charge in [0.05, 0.1) is 0 Å². The standard InChI is InChI=1S/C17H26N2/c1-17(2,3)14-7-8-15-13(9-10-18(4)5)12-19(6)16(15)11-14/h7-8,11-12H,9-10H2,1-6H3. The normalized spacial score (nSPS) is 12.6. The maximum absolute atomic E-state index is 2.34. The molecule has 1 aromatic carbocycles. The van der Waals surface area contributed by atoms with E-state index in [4.69, 9.17) is 0 Å². The summed E-state index contributed by atoms with van der Waals surface area (Å²) in [5, 5.41) is 1.40. The summed E-state index contributed by atoms with van der Waals surface area (Å²) in [5.41, 5.74) is 4.41. The summed E-state index contributed by atoms with van der Waals surface area (Å²) in [5.74, 6) is 0. The molecule has 0 aliphatic heterocycles. The first kappa shape index (κ1) is 14.1. The van der Waals surface area contributed by atoms with E-state index in [1.54, 1.807) is 0 Å². The van der Waals surface area contributed by atoms with Gasteiger partial charge in [0, 0.05) is 30.7 Å². The number of nitrogens with zero attached hydrogens (tertiary/aromatic N) is 2. The Hall–Kier alpha value is -1.28. The molecule has 2 nitrogen and oxygen atoms in total. The third-order valence-corrected chi connectivity index (χ3v) is 3.77. The van der Waals surface area contributed by atoms with Crippen molar-refractivity contribution in [2.75, 3.05) is 20.6 Å². The van der Waals surface area contributed by atoms with Crippen molar-refractivity contribution in [1.82, 2.24) is 9.47 Å². The Morgan fingerprint density at radius 2 is 1.84 bits per heavy atom. The first-order valence-corrected chi connectivity index (χ1v) is 7.02. The predicted octanol–water partition coefficient (Wildman–Crippen LogP) is 3.58. The van der Waals surface area contributed by atoms with Crippen LogP contribution in [0, 0.1) is 0 Å². The number of hydrogen-bond donors (Lipinski definition) is 0. The molecule has 0 aliphatic rings. The molecule has 0 atom stereocenters. The highest BCUT2D eigenvalue weighted by Gasteiger charge is 2.15. The molecule has 19 heavy (non-hydrogen) atoms. The Kier molecular flexibility index (Phi) is 3.73. The molecule has 2 heteroatoms. The van der Waals surface area contributed by atoms with Gasteiger partial charge in [-0.2, -0.15) is 0 Å². The van der Waals surface area contributed by atoms with Crippen molar-refractivity contribution in [3.8, 4) is 0 Å².